The second-order valence-corrected chi connectivity index (χ2v) is 10.4. The van der Waals surface area contributed by atoms with Gasteiger partial charge in [-0.15, -0.1) is 0 Å². The van der Waals surface area contributed by atoms with Gasteiger partial charge in [-0.3, -0.25) is 0 Å². The molecule has 1 aliphatic rings. The van der Waals surface area contributed by atoms with E-state index in [1.807, 2.05) is 6.92 Å². The third kappa shape index (κ3) is 6.98. The summed E-state index contributed by atoms with van der Waals surface area (Å²) in [7, 11) is 0. The second-order valence-electron chi connectivity index (χ2n) is 10.4. The van der Waals surface area contributed by atoms with Crippen molar-refractivity contribution >= 4 is 0 Å². The molecular formula is C33H26F8O4. The Hall–Kier alpha value is -4.00. The Morgan fingerprint density at radius 1 is 0.733 bits per heavy atom. The zero-order valence-corrected chi connectivity index (χ0v) is 23.9. The van der Waals surface area contributed by atoms with Crippen LogP contribution in [-0.2, 0) is 20.3 Å². The minimum absolute atomic E-state index is 0.00645. The molecule has 1 aliphatic heterocycles. The highest BCUT2D eigenvalue weighted by molar-refractivity contribution is 5.67. The van der Waals surface area contributed by atoms with Crippen LogP contribution in [0.15, 0.2) is 60.7 Å². The van der Waals surface area contributed by atoms with E-state index in [-0.39, 0.29) is 33.7 Å². The summed E-state index contributed by atoms with van der Waals surface area (Å²) in [5.74, 6) is -8.69. The quantitative estimate of drug-likeness (QED) is 0.172. The highest BCUT2D eigenvalue weighted by Crippen LogP contribution is 2.39. The number of ether oxygens (including phenoxy) is 4. The van der Waals surface area contributed by atoms with Crippen LogP contribution in [0.4, 0.5) is 35.1 Å². The van der Waals surface area contributed by atoms with E-state index in [4.69, 9.17) is 14.2 Å². The molecule has 4 aromatic rings. The van der Waals surface area contributed by atoms with Crippen LogP contribution < -0.4 is 4.74 Å². The van der Waals surface area contributed by atoms with Gasteiger partial charge in [-0.25, -0.2) is 26.3 Å². The molecule has 4 nitrogen and oxygen atoms in total. The zero-order valence-electron chi connectivity index (χ0n) is 23.9. The SMILES string of the molecule is CCOCC1COC(c2ccc(-c3cc(F)c(C(F)(F)Oc4ccc(-c5cc(C)c(F)c(F)c5)c(F)c4)c(F)c3)c(F)c2)OC1. The molecule has 0 bridgehead atoms. The first-order valence-corrected chi connectivity index (χ1v) is 13.8. The van der Waals surface area contributed by atoms with Crippen molar-refractivity contribution in [3.8, 4) is 28.0 Å². The molecule has 5 rings (SSSR count). The molecule has 12 heteroatoms. The molecule has 1 heterocycles. The third-order valence-electron chi connectivity index (χ3n) is 7.14. The summed E-state index contributed by atoms with van der Waals surface area (Å²) in [4.78, 5) is 0. The summed E-state index contributed by atoms with van der Waals surface area (Å²) in [6, 6.07) is 8.99. The Labute approximate surface area is 253 Å². The minimum atomic E-state index is -4.63. The normalized spacial score (nSPS) is 17.0. The Bertz CT molecular complexity index is 1660. The molecule has 0 aromatic heterocycles. The number of hydrogen-bond donors (Lipinski definition) is 0. The number of halogens is 8. The van der Waals surface area contributed by atoms with E-state index < -0.39 is 58.6 Å². The van der Waals surface area contributed by atoms with Crippen molar-refractivity contribution in [2.45, 2.75) is 26.2 Å². The van der Waals surface area contributed by atoms with E-state index in [2.05, 4.69) is 4.74 Å². The van der Waals surface area contributed by atoms with E-state index in [0.717, 1.165) is 30.3 Å². The minimum Gasteiger partial charge on any atom is -0.429 e. The molecule has 0 amide bonds. The van der Waals surface area contributed by atoms with Crippen LogP contribution in [0.1, 0.15) is 29.9 Å². The number of aryl methyl sites for hydroxylation is 1. The molecule has 0 atom stereocenters. The van der Waals surface area contributed by atoms with Crippen molar-refractivity contribution in [3.63, 3.8) is 0 Å². The monoisotopic (exact) mass is 638 g/mol. The molecule has 238 valence electrons. The molecule has 1 fully saturated rings. The van der Waals surface area contributed by atoms with Crippen molar-refractivity contribution in [3.05, 3.63) is 112 Å². The van der Waals surface area contributed by atoms with Gasteiger partial charge in [0, 0.05) is 35.3 Å². The lowest BCUT2D eigenvalue weighted by atomic mass is 10.00. The molecule has 0 N–H and O–H groups in total. The van der Waals surface area contributed by atoms with Crippen molar-refractivity contribution in [1.82, 2.24) is 0 Å². The van der Waals surface area contributed by atoms with Crippen LogP contribution in [-0.4, -0.2) is 26.4 Å². The average Bonchev–Trinajstić information content (AvgIpc) is 2.98. The van der Waals surface area contributed by atoms with Crippen LogP contribution in [0, 0.1) is 47.7 Å². The van der Waals surface area contributed by atoms with E-state index in [1.165, 1.54) is 19.1 Å². The van der Waals surface area contributed by atoms with E-state index >= 15 is 13.2 Å². The topological polar surface area (TPSA) is 36.9 Å². The number of benzene rings is 4. The predicted octanol–water partition coefficient (Wildman–Crippen LogP) is 8.99. The zero-order chi connectivity index (χ0) is 32.5. The van der Waals surface area contributed by atoms with Crippen LogP contribution in [0.5, 0.6) is 5.75 Å². The highest BCUT2D eigenvalue weighted by atomic mass is 19.3. The average molecular weight is 639 g/mol. The fourth-order valence-corrected chi connectivity index (χ4v) is 4.91. The summed E-state index contributed by atoms with van der Waals surface area (Å²) in [5, 5.41) is 0. The van der Waals surface area contributed by atoms with Gasteiger partial charge in [0.15, 0.2) is 17.9 Å². The Morgan fingerprint density at radius 3 is 1.89 bits per heavy atom. The lowest BCUT2D eigenvalue weighted by Crippen LogP contribution is -2.30. The molecule has 0 saturated carbocycles. The molecule has 4 aromatic carbocycles. The largest absolute Gasteiger partial charge is 0.432 e. The molecule has 0 radical (unpaired) electrons. The van der Waals surface area contributed by atoms with Gasteiger partial charge in [-0.2, -0.15) is 8.78 Å². The van der Waals surface area contributed by atoms with Gasteiger partial charge < -0.3 is 18.9 Å². The Kier molecular flexibility index (Phi) is 9.47. The van der Waals surface area contributed by atoms with Crippen molar-refractivity contribution in [2.75, 3.05) is 26.4 Å². The number of alkyl halides is 2. The lowest BCUT2D eigenvalue weighted by Gasteiger charge is -2.29. The van der Waals surface area contributed by atoms with Gasteiger partial charge in [-0.1, -0.05) is 12.1 Å². The maximum absolute atomic E-state index is 15.1. The molecule has 1 saturated heterocycles. The molecule has 45 heavy (non-hydrogen) atoms. The summed E-state index contributed by atoms with van der Waals surface area (Å²) in [6.45, 7) is 4.72. The molecule has 0 spiro atoms. The number of hydrogen-bond acceptors (Lipinski definition) is 4. The maximum atomic E-state index is 15.1. The van der Waals surface area contributed by atoms with Gasteiger partial charge in [0.2, 0.25) is 0 Å². The van der Waals surface area contributed by atoms with Crippen LogP contribution in [0.3, 0.4) is 0 Å². The maximum Gasteiger partial charge on any atom is 0.432 e. The van der Waals surface area contributed by atoms with E-state index in [9.17, 15) is 22.0 Å². The smallest absolute Gasteiger partial charge is 0.429 e. The third-order valence-corrected chi connectivity index (χ3v) is 7.14. The van der Waals surface area contributed by atoms with Crippen LogP contribution in [0.25, 0.3) is 22.3 Å². The molecule has 0 aliphatic carbocycles. The Balaban J connectivity index is 1.33. The van der Waals surface area contributed by atoms with Gasteiger partial charge in [0.05, 0.1) is 19.8 Å². The first-order valence-electron chi connectivity index (χ1n) is 13.8. The van der Waals surface area contributed by atoms with Crippen LogP contribution >= 0.6 is 0 Å². The van der Waals surface area contributed by atoms with E-state index in [0.29, 0.717) is 50.2 Å². The van der Waals surface area contributed by atoms with E-state index in [1.54, 1.807) is 0 Å². The summed E-state index contributed by atoms with van der Waals surface area (Å²) < 4.78 is 138. The fourth-order valence-electron chi connectivity index (χ4n) is 4.91. The van der Waals surface area contributed by atoms with Crippen LogP contribution in [0.2, 0.25) is 0 Å². The summed E-state index contributed by atoms with van der Waals surface area (Å²) in [5.41, 5.74) is -2.55. The van der Waals surface area contributed by atoms with Gasteiger partial charge in [-0.05, 0) is 73.0 Å². The van der Waals surface area contributed by atoms with Crippen molar-refractivity contribution < 1.29 is 54.1 Å². The molecule has 0 unspecified atom stereocenters. The molecular weight excluding hydrogens is 612 g/mol. The van der Waals surface area contributed by atoms with Crippen molar-refractivity contribution in [2.24, 2.45) is 5.92 Å². The Morgan fingerprint density at radius 2 is 1.31 bits per heavy atom. The first kappa shape index (κ1) is 32.4. The highest BCUT2D eigenvalue weighted by Gasteiger charge is 2.41. The summed E-state index contributed by atoms with van der Waals surface area (Å²) >= 11 is 0. The van der Waals surface area contributed by atoms with Gasteiger partial charge in [0.1, 0.15) is 34.6 Å². The standard InChI is InChI=1S/C33H26F8O4/c1-3-42-14-18-15-43-32(44-16-18)19-4-6-23(25(34)9-19)21-10-27(36)30(28(37)11-21)33(40,41)45-22-5-7-24(26(35)13-22)20-8-17(2)31(39)29(38)12-20/h4-13,18,32H,3,14-16H2,1-2H3. The van der Waals surface area contributed by atoms with Crippen molar-refractivity contribution in [1.29, 1.82) is 0 Å². The number of rotatable bonds is 9. The fraction of sp³-hybridized carbons (Fsp3) is 0.273. The lowest BCUT2D eigenvalue weighted by molar-refractivity contribution is -0.212. The summed E-state index contributed by atoms with van der Waals surface area (Å²) in [6.07, 6.45) is -5.50. The van der Waals surface area contributed by atoms with Gasteiger partial charge in [0.25, 0.3) is 0 Å². The van der Waals surface area contributed by atoms with Gasteiger partial charge >= 0.3 is 6.11 Å². The second kappa shape index (κ2) is 13.2. The first-order chi connectivity index (χ1) is 21.4. The predicted molar refractivity (Wildman–Crippen MR) is 147 cm³/mol.